The summed E-state index contributed by atoms with van der Waals surface area (Å²) in [5, 5.41) is 3.17. The number of nitrogen functional groups attached to an aromatic ring is 1. The number of hydrogen-bond acceptors (Lipinski definition) is 4. The van der Waals surface area contributed by atoms with E-state index in [9.17, 15) is 4.79 Å². The van der Waals surface area contributed by atoms with Gasteiger partial charge >= 0.3 is 0 Å². The predicted molar refractivity (Wildman–Crippen MR) is 97.8 cm³/mol. The summed E-state index contributed by atoms with van der Waals surface area (Å²) in [5.41, 5.74) is 7.13. The summed E-state index contributed by atoms with van der Waals surface area (Å²) in [4.78, 5) is 14.9. The molecule has 0 radical (unpaired) electrons. The zero-order valence-electron chi connectivity index (χ0n) is 14.2. The van der Waals surface area contributed by atoms with Crippen LogP contribution in [-0.2, 0) is 0 Å². The Kier molecular flexibility index (Phi) is 4.32. The van der Waals surface area contributed by atoms with Gasteiger partial charge in [0, 0.05) is 24.7 Å². The number of nitrogens with zero attached hydrogens (tertiary/aromatic N) is 1. The zero-order valence-corrected chi connectivity index (χ0v) is 14.2. The molecule has 2 fully saturated rings. The van der Waals surface area contributed by atoms with Crippen molar-refractivity contribution in [2.75, 3.05) is 25.4 Å². The number of amides is 1. The molecule has 2 aliphatic rings. The summed E-state index contributed by atoms with van der Waals surface area (Å²) in [6.45, 7) is 3.34. The average molecular weight is 337 g/mol. The maximum atomic E-state index is 12.5. The van der Waals surface area contributed by atoms with E-state index in [4.69, 9.17) is 10.5 Å². The van der Waals surface area contributed by atoms with E-state index in [-0.39, 0.29) is 11.9 Å². The number of piperidine rings is 1. The third kappa shape index (κ3) is 3.61. The highest BCUT2D eigenvalue weighted by Crippen LogP contribution is 2.28. The summed E-state index contributed by atoms with van der Waals surface area (Å²) < 4.78 is 5.77. The van der Waals surface area contributed by atoms with E-state index in [1.54, 1.807) is 30.3 Å². The molecule has 0 aromatic heterocycles. The lowest BCUT2D eigenvalue weighted by Gasteiger charge is -2.30. The van der Waals surface area contributed by atoms with Crippen LogP contribution in [0.1, 0.15) is 23.2 Å². The molecule has 0 aliphatic carbocycles. The fourth-order valence-corrected chi connectivity index (χ4v) is 3.81. The molecular weight excluding hydrogens is 314 g/mol. The van der Waals surface area contributed by atoms with Crippen LogP contribution in [0.15, 0.2) is 48.5 Å². The van der Waals surface area contributed by atoms with E-state index in [0.29, 0.717) is 22.7 Å². The minimum Gasteiger partial charge on any atom is -0.455 e. The Morgan fingerprint density at radius 1 is 1.12 bits per heavy atom. The highest BCUT2D eigenvalue weighted by molar-refractivity contribution is 5.94. The Bertz CT molecular complexity index is 748. The smallest absolute Gasteiger partial charge is 0.251 e. The summed E-state index contributed by atoms with van der Waals surface area (Å²) >= 11 is 0. The van der Waals surface area contributed by atoms with Crippen molar-refractivity contribution in [3.8, 4) is 11.5 Å². The van der Waals surface area contributed by atoms with Crippen molar-refractivity contribution in [1.29, 1.82) is 0 Å². The molecule has 2 aliphatic heterocycles. The van der Waals surface area contributed by atoms with Crippen LogP contribution in [0.25, 0.3) is 0 Å². The number of fused-ring (bicyclic) bond motifs is 2. The fourth-order valence-electron chi connectivity index (χ4n) is 3.81. The van der Waals surface area contributed by atoms with E-state index in [0.717, 1.165) is 18.9 Å². The predicted octanol–water partition coefficient (Wildman–Crippen LogP) is 2.89. The molecule has 130 valence electrons. The number of anilines is 1. The number of para-hydroxylation sites is 2. The van der Waals surface area contributed by atoms with E-state index in [1.165, 1.54) is 19.5 Å². The SMILES string of the molecule is Nc1ccccc1Oc1ccc(C(=O)N[C@@H]2C[C@H]3CCN(C3)C2)cc1. The van der Waals surface area contributed by atoms with Crippen LogP contribution in [0.5, 0.6) is 11.5 Å². The first kappa shape index (κ1) is 16.0. The lowest BCUT2D eigenvalue weighted by atomic mass is 9.96. The van der Waals surface area contributed by atoms with Crippen LogP contribution >= 0.6 is 0 Å². The van der Waals surface area contributed by atoms with Crippen LogP contribution in [-0.4, -0.2) is 36.5 Å². The third-order valence-electron chi connectivity index (χ3n) is 5.06. The van der Waals surface area contributed by atoms with Crippen molar-refractivity contribution in [3.05, 3.63) is 54.1 Å². The highest BCUT2D eigenvalue weighted by Gasteiger charge is 2.32. The molecule has 5 heteroatoms. The molecule has 2 bridgehead atoms. The number of benzene rings is 2. The molecule has 1 unspecified atom stereocenters. The number of carbonyl (C=O) groups is 1. The van der Waals surface area contributed by atoms with Gasteiger partial charge in [-0.2, -0.15) is 0 Å². The van der Waals surface area contributed by atoms with Gasteiger partial charge in [-0.3, -0.25) is 4.79 Å². The molecule has 25 heavy (non-hydrogen) atoms. The number of nitrogens with two attached hydrogens (primary N) is 1. The zero-order chi connectivity index (χ0) is 17.2. The van der Waals surface area contributed by atoms with Gasteiger partial charge in [0.25, 0.3) is 5.91 Å². The van der Waals surface area contributed by atoms with E-state index in [1.807, 2.05) is 18.2 Å². The van der Waals surface area contributed by atoms with Gasteiger partial charge in [-0.25, -0.2) is 0 Å². The monoisotopic (exact) mass is 337 g/mol. The van der Waals surface area contributed by atoms with Crippen molar-refractivity contribution in [3.63, 3.8) is 0 Å². The third-order valence-corrected chi connectivity index (χ3v) is 5.06. The lowest BCUT2D eigenvalue weighted by Crippen LogP contribution is -2.46. The maximum Gasteiger partial charge on any atom is 0.251 e. The van der Waals surface area contributed by atoms with Gasteiger partial charge in [0.1, 0.15) is 11.5 Å². The van der Waals surface area contributed by atoms with E-state index < -0.39 is 0 Å². The minimum atomic E-state index is -0.0155. The largest absolute Gasteiger partial charge is 0.455 e. The molecule has 0 saturated carbocycles. The maximum absolute atomic E-state index is 12.5. The molecule has 1 amide bonds. The Hall–Kier alpha value is -2.53. The first-order valence-electron chi connectivity index (χ1n) is 8.83. The second kappa shape index (κ2) is 6.76. The topological polar surface area (TPSA) is 67.6 Å². The van der Waals surface area contributed by atoms with Gasteiger partial charge in [0.2, 0.25) is 0 Å². The molecule has 4 rings (SSSR count). The van der Waals surface area contributed by atoms with Gasteiger partial charge < -0.3 is 20.7 Å². The quantitative estimate of drug-likeness (QED) is 0.842. The Morgan fingerprint density at radius 2 is 1.92 bits per heavy atom. The van der Waals surface area contributed by atoms with Crippen molar-refractivity contribution >= 4 is 11.6 Å². The van der Waals surface area contributed by atoms with Crippen molar-refractivity contribution in [2.45, 2.75) is 18.9 Å². The van der Waals surface area contributed by atoms with E-state index in [2.05, 4.69) is 10.2 Å². The standard InChI is InChI=1S/C20H23N3O2/c21-18-3-1-2-4-19(18)25-17-7-5-15(6-8-17)20(24)22-16-11-14-9-10-23(12-14)13-16/h1-8,14,16H,9-13,21H2,(H,22,24)/t14-,16-/m1/s1. The molecule has 2 aromatic rings. The van der Waals surface area contributed by atoms with Crippen molar-refractivity contribution < 1.29 is 9.53 Å². The molecule has 2 aromatic carbocycles. The lowest BCUT2D eigenvalue weighted by molar-refractivity contribution is 0.0909. The summed E-state index contributed by atoms with van der Waals surface area (Å²) in [5.74, 6) is 2.01. The second-order valence-corrected chi connectivity index (χ2v) is 6.98. The molecule has 5 nitrogen and oxygen atoms in total. The molecular formula is C20H23N3O2. The number of ether oxygens (including phenoxy) is 1. The van der Waals surface area contributed by atoms with Crippen molar-refractivity contribution in [1.82, 2.24) is 10.2 Å². The molecule has 2 saturated heterocycles. The average Bonchev–Trinajstić information content (AvgIpc) is 2.96. The minimum absolute atomic E-state index is 0.0155. The van der Waals surface area contributed by atoms with E-state index >= 15 is 0 Å². The number of carbonyl (C=O) groups excluding carboxylic acids is 1. The fraction of sp³-hybridized carbons (Fsp3) is 0.350. The van der Waals surface area contributed by atoms with Crippen LogP contribution in [0.2, 0.25) is 0 Å². The Morgan fingerprint density at radius 3 is 2.68 bits per heavy atom. The van der Waals surface area contributed by atoms with Crippen molar-refractivity contribution in [2.24, 2.45) is 5.92 Å². The molecule has 0 spiro atoms. The van der Waals surface area contributed by atoms with Crippen LogP contribution in [0, 0.1) is 5.92 Å². The normalized spacial score (nSPS) is 24.7. The van der Waals surface area contributed by atoms with Gasteiger partial charge in [0.15, 0.2) is 0 Å². The van der Waals surface area contributed by atoms with Crippen LogP contribution in [0.3, 0.4) is 0 Å². The van der Waals surface area contributed by atoms with Gasteiger partial charge in [0.05, 0.1) is 5.69 Å². The first-order valence-corrected chi connectivity index (χ1v) is 8.83. The molecule has 3 atom stereocenters. The number of nitrogens with one attached hydrogen (secondary N) is 1. The van der Waals surface area contributed by atoms with Gasteiger partial charge in [-0.05, 0) is 61.7 Å². The Balaban J connectivity index is 1.38. The van der Waals surface area contributed by atoms with Crippen LogP contribution < -0.4 is 15.8 Å². The summed E-state index contributed by atoms with van der Waals surface area (Å²) in [7, 11) is 0. The second-order valence-electron chi connectivity index (χ2n) is 6.98. The first-order chi connectivity index (χ1) is 12.2. The number of hydrogen-bond donors (Lipinski definition) is 2. The highest BCUT2D eigenvalue weighted by atomic mass is 16.5. The molecule has 3 N–H and O–H groups in total. The number of rotatable bonds is 4. The summed E-state index contributed by atoms with van der Waals surface area (Å²) in [6, 6.07) is 14.8. The Labute approximate surface area is 147 Å². The van der Waals surface area contributed by atoms with Crippen LogP contribution in [0.4, 0.5) is 5.69 Å². The van der Waals surface area contributed by atoms with Gasteiger partial charge in [-0.1, -0.05) is 12.1 Å². The van der Waals surface area contributed by atoms with Gasteiger partial charge in [-0.15, -0.1) is 0 Å². The molecule has 2 heterocycles. The summed E-state index contributed by atoms with van der Waals surface area (Å²) in [6.07, 6.45) is 2.36.